The highest BCUT2D eigenvalue weighted by atomic mass is 16.5. The van der Waals surface area contributed by atoms with E-state index < -0.39 is 0 Å². The number of hydrogen-bond donors (Lipinski definition) is 1. The summed E-state index contributed by atoms with van der Waals surface area (Å²) >= 11 is 0. The lowest BCUT2D eigenvalue weighted by Gasteiger charge is -2.34. The fraction of sp³-hybridized carbons (Fsp3) is 0.643. The molecule has 0 aromatic carbocycles. The Balaban J connectivity index is 1.73. The number of nitrogens with one attached hydrogen (secondary N) is 1. The monoisotopic (exact) mass is 275 g/mol. The Labute approximate surface area is 118 Å². The second kappa shape index (κ2) is 5.36. The van der Waals surface area contributed by atoms with Gasteiger partial charge in [0.2, 0.25) is 5.88 Å². The predicted octanol–water partition coefficient (Wildman–Crippen LogP) is 1.91. The fourth-order valence-corrected chi connectivity index (χ4v) is 2.72. The van der Waals surface area contributed by atoms with E-state index in [2.05, 4.69) is 38.9 Å². The molecule has 0 saturated carbocycles. The molecule has 0 amide bonds. The van der Waals surface area contributed by atoms with Gasteiger partial charge in [0.05, 0.1) is 0 Å². The maximum atomic E-state index is 6.10. The zero-order valence-corrected chi connectivity index (χ0v) is 12.3. The molecule has 6 heteroatoms. The molecule has 1 aliphatic heterocycles. The van der Waals surface area contributed by atoms with E-state index in [0.29, 0.717) is 17.6 Å². The first-order chi connectivity index (χ1) is 9.65. The van der Waals surface area contributed by atoms with Gasteiger partial charge in [-0.1, -0.05) is 0 Å². The average molecular weight is 275 g/mol. The second-order valence-electron chi connectivity index (χ2n) is 5.67. The SMILES string of the molecule is Cc1[nH]nc2ncnc(OC3CCN(C(C)C)CC3)c12. The topological polar surface area (TPSA) is 66.9 Å². The minimum absolute atomic E-state index is 0.234. The van der Waals surface area contributed by atoms with Gasteiger partial charge < -0.3 is 9.64 Å². The zero-order chi connectivity index (χ0) is 14.1. The van der Waals surface area contributed by atoms with Crippen molar-refractivity contribution < 1.29 is 4.74 Å². The predicted molar refractivity (Wildman–Crippen MR) is 76.8 cm³/mol. The van der Waals surface area contributed by atoms with E-state index in [4.69, 9.17) is 4.74 Å². The summed E-state index contributed by atoms with van der Waals surface area (Å²) in [5.74, 6) is 0.657. The third-order valence-corrected chi connectivity index (χ3v) is 3.98. The van der Waals surface area contributed by atoms with Gasteiger partial charge in [0.15, 0.2) is 5.65 Å². The van der Waals surface area contributed by atoms with Crippen LogP contribution >= 0.6 is 0 Å². The molecule has 0 spiro atoms. The first-order valence-electron chi connectivity index (χ1n) is 7.21. The molecule has 1 fully saturated rings. The zero-order valence-electron chi connectivity index (χ0n) is 12.3. The van der Waals surface area contributed by atoms with Crippen LogP contribution in [0.5, 0.6) is 5.88 Å². The first kappa shape index (κ1) is 13.3. The van der Waals surface area contributed by atoms with E-state index >= 15 is 0 Å². The van der Waals surface area contributed by atoms with E-state index in [0.717, 1.165) is 37.0 Å². The van der Waals surface area contributed by atoms with Crippen LogP contribution in [0.1, 0.15) is 32.4 Å². The smallest absolute Gasteiger partial charge is 0.228 e. The molecule has 2 aromatic rings. The molecule has 1 aliphatic rings. The number of aryl methyl sites for hydroxylation is 1. The second-order valence-corrected chi connectivity index (χ2v) is 5.67. The van der Waals surface area contributed by atoms with Gasteiger partial charge in [0.25, 0.3) is 0 Å². The highest BCUT2D eigenvalue weighted by molar-refractivity contribution is 5.82. The number of aromatic amines is 1. The summed E-state index contributed by atoms with van der Waals surface area (Å²) in [6, 6.07) is 0.609. The quantitative estimate of drug-likeness (QED) is 0.927. The van der Waals surface area contributed by atoms with Gasteiger partial charge in [-0.2, -0.15) is 5.10 Å². The van der Waals surface area contributed by atoms with Gasteiger partial charge in [-0.3, -0.25) is 5.10 Å². The van der Waals surface area contributed by atoms with Crippen molar-refractivity contribution in [3.8, 4) is 5.88 Å². The van der Waals surface area contributed by atoms with Crippen molar-refractivity contribution in [2.45, 2.75) is 45.8 Å². The summed E-state index contributed by atoms with van der Waals surface area (Å²) < 4.78 is 6.10. The molecule has 20 heavy (non-hydrogen) atoms. The van der Waals surface area contributed by atoms with Gasteiger partial charge in [-0.05, 0) is 33.6 Å². The van der Waals surface area contributed by atoms with E-state index in [9.17, 15) is 0 Å². The number of nitrogens with zero attached hydrogens (tertiary/aromatic N) is 4. The molecule has 108 valence electrons. The molecule has 0 unspecified atom stereocenters. The minimum atomic E-state index is 0.234. The normalized spacial score (nSPS) is 18.0. The van der Waals surface area contributed by atoms with Gasteiger partial charge in [-0.15, -0.1) is 0 Å². The Morgan fingerprint density at radius 1 is 1.30 bits per heavy atom. The van der Waals surface area contributed by atoms with Crippen molar-refractivity contribution in [3.63, 3.8) is 0 Å². The number of hydrogen-bond acceptors (Lipinski definition) is 5. The van der Waals surface area contributed by atoms with Crippen LogP contribution in [0.4, 0.5) is 0 Å². The van der Waals surface area contributed by atoms with Crippen LogP contribution in [0, 0.1) is 6.92 Å². The summed E-state index contributed by atoms with van der Waals surface area (Å²) in [5.41, 5.74) is 1.63. The van der Waals surface area contributed by atoms with Crippen LogP contribution in [0.25, 0.3) is 11.0 Å². The maximum absolute atomic E-state index is 6.10. The number of piperidine rings is 1. The van der Waals surface area contributed by atoms with Crippen molar-refractivity contribution in [2.24, 2.45) is 0 Å². The fourth-order valence-electron chi connectivity index (χ4n) is 2.72. The third-order valence-electron chi connectivity index (χ3n) is 3.98. The lowest BCUT2D eigenvalue weighted by molar-refractivity contribution is 0.0823. The average Bonchev–Trinajstić information content (AvgIpc) is 2.82. The third kappa shape index (κ3) is 2.47. The molecule has 2 aromatic heterocycles. The maximum Gasteiger partial charge on any atom is 0.228 e. The number of H-pyrrole nitrogens is 1. The Morgan fingerprint density at radius 2 is 2.05 bits per heavy atom. The van der Waals surface area contributed by atoms with Crippen molar-refractivity contribution in [1.82, 2.24) is 25.1 Å². The molecule has 6 nitrogen and oxygen atoms in total. The largest absolute Gasteiger partial charge is 0.474 e. The lowest BCUT2D eigenvalue weighted by Crippen LogP contribution is -2.41. The van der Waals surface area contributed by atoms with Crippen LogP contribution in [-0.2, 0) is 0 Å². The Hall–Kier alpha value is -1.69. The number of likely N-dealkylation sites (tertiary alicyclic amines) is 1. The molecule has 0 atom stereocenters. The number of rotatable bonds is 3. The Bertz CT molecular complexity index is 586. The van der Waals surface area contributed by atoms with Crippen molar-refractivity contribution in [3.05, 3.63) is 12.0 Å². The molecular weight excluding hydrogens is 254 g/mol. The Morgan fingerprint density at radius 3 is 2.75 bits per heavy atom. The molecule has 0 radical (unpaired) electrons. The van der Waals surface area contributed by atoms with E-state index in [1.165, 1.54) is 6.33 Å². The number of fused-ring (bicyclic) bond motifs is 1. The van der Waals surface area contributed by atoms with E-state index in [1.807, 2.05) is 6.92 Å². The molecule has 1 saturated heterocycles. The van der Waals surface area contributed by atoms with Crippen LogP contribution in [0.15, 0.2) is 6.33 Å². The van der Waals surface area contributed by atoms with Crippen LogP contribution in [-0.4, -0.2) is 50.3 Å². The highest BCUT2D eigenvalue weighted by Gasteiger charge is 2.23. The van der Waals surface area contributed by atoms with Crippen LogP contribution in [0.3, 0.4) is 0 Å². The molecule has 0 aliphatic carbocycles. The Kier molecular flexibility index (Phi) is 3.56. The van der Waals surface area contributed by atoms with Crippen molar-refractivity contribution in [1.29, 1.82) is 0 Å². The summed E-state index contributed by atoms with van der Waals surface area (Å²) in [6.45, 7) is 8.61. The minimum Gasteiger partial charge on any atom is -0.474 e. The summed E-state index contributed by atoms with van der Waals surface area (Å²) in [6.07, 6.45) is 3.83. The van der Waals surface area contributed by atoms with Gasteiger partial charge in [0, 0.05) is 24.8 Å². The van der Waals surface area contributed by atoms with Gasteiger partial charge in [-0.25, -0.2) is 9.97 Å². The van der Waals surface area contributed by atoms with Crippen LogP contribution < -0.4 is 4.74 Å². The highest BCUT2D eigenvalue weighted by Crippen LogP contribution is 2.26. The number of ether oxygens (including phenoxy) is 1. The number of aromatic nitrogens is 4. The molecule has 3 rings (SSSR count). The first-order valence-corrected chi connectivity index (χ1v) is 7.21. The van der Waals surface area contributed by atoms with Gasteiger partial charge in [0.1, 0.15) is 17.8 Å². The molecule has 0 bridgehead atoms. The summed E-state index contributed by atoms with van der Waals surface area (Å²) in [7, 11) is 0. The lowest BCUT2D eigenvalue weighted by atomic mass is 10.1. The standard InChI is InChI=1S/C14H21N5O/c1-9(2)19-6-4-11(5-7-19)20-14-12-10(3)17-18-13(12)15-8-16-14/h8-9,11H,4-7H2,1-3H3,(H,15,16,17,18). The molecular formula is C14H21N5O. The van der Waals surface area contributed by atoms with Crippen molar-refractivity contribution >= 4 is 11.0 Å². The molecule has 3 heterocycles. The van der Waals surface area contributed by atoms with E-state index in [-0.39, 0.29) is 6.10 Å². The van der Waals surface area contributed by atoms with Crippen LogP contribution in [0.2, 0.25) is 0 Å². The summed E-state index contributed by atoms with van der Waals surface area (Å²) in [5, 5.41) is 7.98. The van der Waals surface area contributed by atoms with Gasteiger partial charge >= 0.3 is 0 Å². The van der Waals surface area contributed by atoms with E-state index in [1.54, 1.807) is 0 Å². The molecule has 1 N–H and O–H groups in total. The summed E-state index contributed by atoms with van der Waals surface area (Å²) in [4.78, 5) is 10.9. The van der Waals surface area contributed by atoms with Crippen molar-refractivity contribution in [2.75, 3.05) is 13.1 Å².